The summed E-state index contributed by atoms with van der Waals surface area (Å²) < 4.78 is 0.866. The van der Waals surface area contributed by atoms with E-state index < -0.39 is 7.12 Å². The van der Waals surface area contributed by atoms with E-state index in [1.54, 1.807) is 18.2 Å². The van der Waals surface area contributed by atoms with Crippen molar-refractivity contribution in [2.24, 2.45) is 0 Å². The molecule has 4 nitrogen and oxygen atoms in total. The fourth-order valence-electron chi connectivity index (χ4n) is 1.42. The van der Waals surface area contributed by atoms with Crippen molar-refractivity contribution in [2.45, 2.75) is 0 Å². The third-order valence-electron chi connectivity index (χ3n) is 2.04. The summed E-state index contributed by atoms with van der Waals surface area (Å²) in [5, 5.41) is 19.4. The summed E-state index contributed by atoms with van der Waals surface area (Å²) >= 11 is 1.30. The molecule has 0 aliphatic heterocycles. The third-order valence-corrected chi connectivity index (χ3v) is 3.04. The highest BCUT2D eigenvalue weighted by atomic mass is 32.1. The van der Waals surface area contributed by atoms with Crippen LogP contribution in [-0.2, 0) is 0 Å². The van der Waals surface area contributed by atoms with Gasteiger partial charge in [0.1, 0.15) is 0 Å². The molecule has 2 rings (SSSR count). The van der Waals surface area contributed by atoms with Crippen LogP contribution in [-0.4, -0.2) is 17.2 Å². The van der Waals surface area contributed by atoms with Crippen molar-refractivity contribution in [2.75, 3.05) is 11.5 Å². The summed E-state index contributed by atoms with van der Waals surface area (Å²) in [6.07, 6.45) is 0. The van der Waals surface area contributed by atoms with Crippen molar-refractivity contribution >= 4 is 44.7 Å². The van der Waals surface area contributed by atoms with Gasteiger partial charge >= 0.3 is 7.12 Å². The van der Waals surface area contributed by atoms with E-state index in [0.717, 1.165) is 10.1 Å². The van der Waals surface area contributed by atoms with Gasteiger partial charge in [-0.25, -0.2) is 0 Å². The zero-order chi connectivity index (χ0) is 10.3. The molecule has 0 unspecified atom stereocenters. The quantitative estimate of drug-likeness (QED) is 0.384. The van der Waals surface area contributed by atoms with Gasteiger partial charge in [0.2, 0.25) is 0 Å². The number of fused-ring (bicyclic) bond motifs is 1. The average Bonchev–Trinajstić information content (AvgIpc) is 2.39. The van der Waals surface area contributed by atoms with Crippen molar-refractivity contribution in [3.63, 3.8) is 0 Å². The first-order valence-corrected chi connectivity index (χ1v) is 4.85. The summed E-state index contributed by atoms with van der Waals surface area (Å²) in [6, 6.07) is 5.22. The van der Waals surface area contributed by atoms with E-state index in [-0.39, 0.29) is 0 Å². The minimum Gasteiger partial charge on any atom is -0.423 e. The second kappa shape index (κ2) is 3.16. The first-order chi connectivity index (χ1) is 6.59. The van der Waals surface area contributed by atoms with Gasteiger partial charge in [-0.3, -0.25) is 0 Å². The third kappa shape index (κ3) is 1.33. The van der Waals surface area contributed by atoms with Gasteiger partial charge in [0.15, 0.2) is 0 Å². The van der Waals surface area contributed by atoms with Gasteiger partial charge in [-0.1, -0.05) is 6.07 Å². The lowest BCUT2D eigenvalue weighted by atomic mass is 9.79. The normalized spacial score (nSPS) is 10.7. The fraction of sp³-hybridized carbons (Fsp3) is 0. The number of anilines is 2. The van der Waals surface area contributed by atoms with Crippen LogP contribution in [0.3, 0.4) is 0 Å². The topological polar surface area (TPSA) is 92.5 Å². The standard InChI is InChI=1S/C8H9BN2O2S/c10-4-1-2-5-6(3-4)14-8(11)7(5)9(12)13/h1-3,12-13H,10-11H2. The van der Waals surface area contributed by atoms with Crippen LogP contribution in [0.2, 0.25) is 0 Å². The van der Waals surface area contributed by atoms with Gasteiger partial charge in [-0.05, 0) is 17.5 Å². The lowest BCUT2D eigenvalue weighted by Crippen LogP contribution is -2.31. The van der Waals surface area contributed by atoms with Gasteiger partial charge < -0.3 is 21.5 Å². The molecule has 72 valence electrons. The molecule has 2 aromatic rings. The molecule has 0 spiro atoms. The van der Waals surface area contributed by atoms with Gasteiger partial charge in [0.05, 0.1) is 5.00 Å². The van der Waals surface area contributed by atoms with Crippen LogP contribution in [0.15, 0.2) is 18.2 Å². The maximum Gasteiger partial charge on any atom is 0.492 e. The highest BCUT2D eigenvalue weighted by Gasteiger charge is 2.20. The zero-order valence-electron chi connectivity index (χ0n) is 7.27. The largest absolute Gasteiger partial charge is 0.492 e. The predicted molar refractivity (Wildman–Crippen MR) is 60.5 cm³/mol. The van der Waals surface area contributed by atoms with E-state index in [9.17, 15) is 0 Å². The molecule has 6 N–H and O–H groups in total. The minimum absolute atomic E-state index is 0.366. The van der Waals surface area contributed by atoms with E-state index in [1.165, 1.54) is 11.3 Å². The Morgan fingerprint density at radius 3 is 2.57 bits per heavy atom. The Morgan fingerprint density at radius 2 is 1.93 bits per heavy atom. The highest BCUT2D eigenvalue weighted by molar-refractivity contribution is 7.24. The van der Waals surface area contributed by atoms with Crippen LogP contribution < -0.4 is 16.9 Å². The van der Waals surface area contributed by atoms with Crippen molar-refractivity contribution in [3.05, 3.63) is 18.2 Å². The molecular formula is C8H9BN2O2S. The number of hydrogen-bond donors (Lipinski definition) is 4. The first-order valence-electron chi connectivity index (χ1n) is 4.03. The number of thiophene rings is 1. The van der Waals surface area contributed by atoms with E-state index in [1.807, 2.05) is 0 Å². The van der Waals surface area contributed by atoms with Gasteiger partial charge in [-0.15, -0.1) is 11.3 Å². The summed E-state index contributed by atoms with van der Waals surface area (Å²) in [5.41, 5.74) is 12.3. The molecule has 0 amide bonds. The van der Waals surface area contributed by atoms with Crippen molar-refractivity contribution in [1.82, 2.24) is 0 Å². The molecular weight excluding hydrogens is 199 g/mol. The molecule has 0 aliphatic rings. The number of nitrogens with two attached hydrogens (primary N) is 2. The summed E-state index contributed by atoms with van der Waals surface area (Å²) in [6.45, 7) is 0. The number of nitrogen functional groups attached to an aromatic ring is 2. The van der Waals surface area contributed by atoms with Crippen LogP contribution in [0.1, 0.15) is 0 Å². The van der Waals surface area contributed by atoms with Gasteiger partial charge in [-0.2, -0.15) is 0 Å². The molecule has 0 saturated heterocycles. The Balaban J connectivity index is 2.77. The number of hydrogen-bond acceptors (Lipinski definition) is 5. The van der Waals surface area contributed by atoms with E-state index in [2.05, 4.69) is 0 Å². The Kier molecular flexibility index (Phi) is 2.11. The van der Waals surface area contributed by atoms with Crippen molar-refractivity contribution in [1.29, 1.82) is 0 Å². The second-order valence-electron chi connectivity index (χ2n) is 3.01. The van der Waals surface area contributed by atoms with Crippen LogP contribution in [0.4, 0.5) is 10.7 Å². The lowest BCUT2D eigenvalue weighted by molar-refractivity contribution is 0.426. The Bertz CT molecular complexity index is 483. The molecule has 0 atom stereocenters. The lowest BCUT2D eigenvalue weighted by Gasteiger charge is -1.98. The van der Waals surface area contributed by atoms with E-state index in [4.69, 9.17) is 21.5 Å². The molecule has 1 heterocycles. The predicted octanol–water partition coefficient (Wildman–Crippen LogP) is -0.254. The van der Waals surface area contributed by atoms with Crippen LogP contribution >= 0.6 is 11.3 Å². The first kappa shape index (κ1) is 9.33. The Morgan fingerprint density at radius 1 is 1.21 bits per heavy atom. The molecule has 1 aromatic heterocycles. The Labute approximate surface area is 84.9 Å². The minimum atomic E-state index is -1.53. The molecule has 0 aliphatic carbocycles. The smallest absolute Gasteiger partial charge is 0.423 e. The average molecular weight is 208 g/mol. The molecule has 0 bridgehead atoms. The molecule has 1 aromatic carbocycles. The maximum atomic E-state index is 9.11. The van der Waals surface area contributed by atoms with Crippen LogP contribution in [0.25, 0.3) is 10.1 Å². The van der Waals surface area contributed by atoms with Crippen molar-refractivity contribution < 1.29 is 10.0 Å². The van der Waals surface area contributed by atoms with Gasteiger partial charge in [0.25, 0.3) is 0 Å². The highest BCUT2D eigenvalue weighted by Crippen LogP contribution is 2.27. The number of benzene rings is 1. The zero-order valence-corrected chi connectivity index (χ0v) is 8.08. The Hall–Kier alpha value is -1.24. The molecule has 0 fully saturated rings. The van der Waals surface area contributed by atoms with Crippen LogP contribution in [0, 0.1) is 0 Å². The molecule has 6 heteroatoms. The molecule has 14 heavy (non-hydrogen) atoms. The monoisotopic (exact) mass is 208 g/mol. The van der Waals surface area contributed by atoms with E-state index in [0.29, 0.717) is 16.2 Å². The van der Waals surface area contributed by atoms with Crippen molar-refractivity contribution in [3.8, 4) is 0 Å². The summed E-state index contributed by atoms with van der Waals surface area (Å²) in [5.74, 6) is 0. The molecule has 0 saturated carbocycles. The number of rotatable bonds is 1. The molecule has 0 radical (unpaired) electrons. The fourth-order valence-corrected chi connectivity index (χ4v) is 2.46. The summed E-state index contributed by atoms with van der Waals surface area (Å²) in [7, 11) is -1.53. The summed E-state index contributed by atoms with van der Waals surface area (Å²) in [4.78, 5) is 0. The maximum absolute atomic E-state index is 9.11. The van der Waals surface area contributed by atoms with Gasteiger partial charge in [0, 0.05) is 15.9 Å². The van der Waals surface area contributed by atoms with E-state index >= 15 is 0 Å². The van der Waals surface area contributed by atoms with Crippen LogP contribution in [0.5, 0.6) is 0 Å². The second-order valence-corrected chi connectivity index (χ2v) is 4.09. The SMILES string of the molecule is Nc1ccc2c(B(O)O)c(N)sc2c1.